The summed E-state index contributed by atoms with van der Waals surface area (Å²) in [5.41, 5.74) is 0.354. The Balaban J connectivity index is 2.22. The fraction of sp³-hybridized carbons (Fsp3) is 1.00. The molecule has 1 aliphatic rings. The van der Waals surface area contributed by atoms with Crippen LogP contribution >= 0.6 is 12.6 Å². The van der Waals surface area contributed by atoms with E-state index in [1.165, 1.54) is 38.5 Å². The molecule has 1 aliphatic carbocycles. The van der Waals surface area contributed by atoms with Gasteiger partial charge in [0.15, 0.2) is 0 Å². The highest BCUT2D eigenvalue weighted by molar-refractivity contribution is 7.80. The summed E-state index contributed by atoms with van der Waals surface area (Å²) in [6, 6.07) is 0. The van der Waals surface area contributed by atoms with Crippen LogP contribution in [0.15, 0.2) is 0 Å². The molecule has 3 heteroatoms. The predicted molar refractivity (Wildman–Crippen MR) is 71.3 cm³/mol. The lowest BCUT2D eigenvalue weighted by atomic mass is 9.83. The van der Waals surface area contributed by atoms with Gasteiger partial charge in [-0.1, -0.05) is 25.7 Å². The van der Waals surface area contributed by atoms with Crippen LogP contribution in [0.2, 0.25) is 0 Å². The molecule has 0 saturated heterocycles. The Morgan fingerprint density at radius 2 is 1.75 bits per heavy atom. The summed E-state index contributed by atoms with van der Waals surface area (Å²) in [5.74, 6) is 0.970. The molecule has 0 radical (unpaired) electrons. The average molecular weight is 246 g/mol. The third-order valence-electron chi connectivity index (χ3n) is 3.55. The van der Waals surface area contributed by atoms with Crippen molar-refractivity contribution in [3.63, 3.8) is 0 Å². The zero-order chi connectivity index (χ0) is 11.7. The van der Waals surface area contributed by atoms with E-state index in [2.05, 4.69) is 12.6 Å². The van der Waals surface area contributed by atoms with Crippen molar-refractivity contribution in [2.45, 2.75) is 44.9 Å². The summed E-state index contributed by atoms with van der Waals surface area (Å²) in [6.45, 7) is 2.51. The van der Waals surface area contributed by atoms with Gasteiger partial charge in [-0.05, 0) is 25.0 Å². The number of methoxy groups -OCH3 is 1. The molecular formula is C13H26O2S. The molecule has 0 N–H and O–H groups in total. The molecule has 1 rings (SSSR count). The standard InChI is InChI=1S/C13H26O2S/c1-14-9-6-10-15-11-13(12-16)7-4-2-3-5-8-13/h16H,2-12H2,1H3. The van der Waals surface area contributed by atoms with Crippen molar-refractivity contribution in [1.29, 1.82) is 0 Å². The molecule has 0 aromatic rings. The normalized spacial score (nSPS) is 20.6. The van der Waals surface area contributed by atoms with Gasteiger partial charge in [0.2, 0.25) is 0 Å². The summed E-state index contributed by atoms with van der Waals surface area (Å²) in [6.07, 6.45) is 9.06. The molecule has 1 saturated carbocycles. The third kappa shape index (κ3) is 5.07. The summed E-state index contributed by atoms with van der Waals surface area (Å²) >= 11 is 4.54. The summed E-state index contributed by atoms with van der Waals surface area (Å²) in [5, 5.41) is 0. The fourth-order valence-corrected chi connectivity index (χ4v) is 2.83. The van der Waals surface area contributed by atoms with Crippen LogP contribution in [0.5, 0.6) is 0 Å². The van der Waals surface area contributed by atoms with Gasteiger partial charge in [0.25, 0.3) is 0 Å². The van der Waals surface area contributed by atoms with E-state index in [0.717, 1.165) is 32.0 Å². The zero-order valence-electron chi connectivity index (χ0n) is 10.5. The van der Waals surface area contributed by atoms with Crippen molar-refractivity contribution >= 4 is 12.6 Å². The first-order chi connectivity index (χ1) is 7.83. The maximum absolute atomic E-state index is 5.80. The van der Waals surface area contributed by atoms with Crippen LogP contribution in [0.3, 0.4) is 0 Å². The molecular weight excluding hydrogens is 220 g/mol. The highest BCUT2D eigenvalue weighted by Gasteiger charge is 2.29. The molecule has 0 heterocycles. The van der Waals surface area contributed by atoms with Gasteiger partial charge < -0.3 is 9.47 Å². The van der Waals surface area contributed by atoms with Crippen LogP contribution < -0.4 is 0 Å². The lowest BCUT2D eigenvalue weighted by Crippen LogP contribution is -2.29. The molecule has 0 unspecified atom stereocenters. The van der Waals surface area contributed by atoms with Crippen LogP contribution in [0.25, 0.3) is 0 Å². The van der Waals surface area contributed by atoms with E-state index >= 15 is 0 Å². The van der Waals surface area contributed by atoms with Gasteiger partial charge in [-0.25, -0.2) is 0 Å². The van der Waals surface area contributed by atoms with E-state index in [1.807, 2.05) is 0 Å². The van der Waals surface area contributed by atoms with Crippen LogP contribution in [-0.2, 0) is 9.47 Å². The van der Waals surface area contributed by atoms with E-state index in [0.29, 0.717) is 5.41 Å². The molecule has 0 bridgehead atoms. The summed E-state index contributed by atoms with van der Waals surface area (Å²) in [7, 11) is 1.74. The number of ether oxygens (including phenoxy) is 2. The highest BCUT2D eigenvalue weighted by atomic mass is 32.1. The first-order valence-electron chi connectivity index (χ1n) is 6.50. The average Bonchev–Trinajstić information content (AvgIpc) is 2.55. The second-order valence-electron chi connectivity index (χ2n) is 4.97. The van der Waals surface area contributed by atoms with Gasteiger partial charge in [0, 0.05) is 25.7 Å². The SMILES string of the molecule is COCCCOCC1(CS)CCCCCC1. The molecule has 0 aromatic carbocycles. The first kappa shape index (κ1) is 14.3. The van der Waals surface area contributed by atoms with Crippen molar-refractivity contribution < 1.29 is 9.47 Å². The van der Waals surface area contributed by atoms with Gasteiger partial charge in [0.05, 0.1) is 6.61 Å². The maximum atomic E-state index is 5.80. The van der Waals surface area contributed by atoms with Gasteiger partial charge >= 0.3 is 0 Å². The molecule has 96 valence electrons. The molecule has 16 heavy (non-hydrogen) atoms. The summed E-state index contributed by atoms with van der Waals surface area (Å²) in [4.78, 5) is 0. The Hall–Kier alpha value is 0.270. The van der Waals surface area contributed by atoms with Crippen LogP contribution in [0.1, 0.15) is 44.9 Å². The Morgan fingerprint density at radius 3 is 2.31 bits per heavy atom. The topological polar surface area (TPSA) is 18.5 Å². The monoisotopic (exact) mass is 246 g/mol. The lowest BCUT2D eigenvalue weighted by Gasteiger charge is -2.30. The second kappa shape index (κ2) is 8.37. The maximum Gasteiger partial charge on any atom is 0.0530 e. The molecule has 2 nitrogen and oxygen atoms in total. The molecule has 0 atom stereocenters. The first-order valence-corrected chi connectivity index (χ1v) is 7.14. The molecule has 0 amide bonds. The quantitative estimate of drug-likeness (QED) is 0.422. The molecule has 0 spiro atoms. The molecule has 1 fully saturated rings. The minimum Gasteiger partial charge on any atom is -0.385 e. The van der Waals surface area contributed by atoms with Crippen molar-refractivity contribution in [3.05, 3.63) is 0 Å². The van der Waals surface area contributed by atoms with E-state index < -0.39 is 0 Å². The zero-order valence-corrected chi connectivity index (χ0v) is 11.4. The van der Waals surface area contributed by atoms with Gasteiger partial charge in [-0.3, -0.25) is 0 Å². The Kier molecular flexibility index (Phi) is 7.50. The predicted octanol–water partition coefficient (Wildman–Crippen LogP) is 3.31. The Morgan fingerprint density at radius 1 is 1.06 bits per heavy atom. The largest absolute Gasteiger partial charge is 0.385 e. The number of hydrogen-bond acceptors (Lipinski definition) is 3. The van der Waals surface area contributed by atoms with Crippen molar-refractivity contribution in [2.24, 2.45) is 5.41 Å². The number of thiol groups is 1. The van der Waals surface area contributed by atoms with E-state index in [-0.39, 0.29) is 0 Å². The van der Waals surface area contributed by atoms with Gasteiger partial charge in [0.1, 0.15) is 0 Å². The lowest BCUT2D eigenvalue weighted by molar-refractivity contribution is 0.0364. The second-order valence-corrected chi connectivity index (χ2v) is 5.29. The molecule has 0 aromatic heterocycles. The highest BCUT2D eigenvalue weighted by Crippen LogP contribution is 2.36. The van der Waals surface area contributed by atoms with Gasteiger partial charge in [-0.2, -0.15) is 12.6 Å². The van der Waals surface area contributed by atoms with E-state index in [1.54, 1.807) is 7.11 Å². The Labute approximate surface area is 105 Å². The minimum atomic E-state index is 0.354. The minimum absolute atomic E-state index is 0.354. The smallest absolute Gasteiger partial charge is 0.0530 e. The number of rotatable bonds is 7. The third-order valence-corrected chi connectivity index (χ3v) is 4.22. The van der Waals surface area contributed by atoms with Gasteiger partial charge in [-0.15, -0.1) is 0 Å². The molecule has 0 aliphatic heterocycles. The number of hydrogen-bond donors (Lipinski definition) is 1. The van der Waals surface area contributed by atoms with Crippen molar-refractivity contribution in [2.75, 3.05) is 32.7 Å². The van der Waals surface area contributed by atoms with E-state index in [4.69, 9.17) is 9.47 Å². The van der Waals surface area contributed by atoms with Crippen molar-refractivity contribution in [3.8, 4) is 0 Å². The van der Waals surface area contributed by atoms with Crippen LogP contribution in [0.4, 0.5) is 0 Å². The Bertz CT molecular complexity index is 165. The summed E-state index contributed by atoms with van der Waals surface area (Å²) < 4.78 is 10.8. The van der Waals surface area contributed by atoms with Crippen LogP contribution in [0, 0.1) is 5.41 Å². The van der Waals surface area contributed by atoms with Crippen molar-refractivity contribution in [1.82, 2.24) is 0 Å². The van der Waals surface area contributed by atoms with Crippen LogP contribution in [-0.4, -0.2) is 32.7 Å². The van der Waals surface area contributed by atoms with E-state index in [9.17, 15) is 0 Å². The fourth-order valence-electron chi connectivity index (χ4n) is 2.42.